The minimum absolute atomic E-state index is 0.143. The van der Waals surface area contributed by atoms with Gasteiger partial charge in [0.1, 0.15) is 5.82 Å². The van der Waals surface area contributed by atoms with Crippen molar-refractivity contribution in [3.8, 4) is 0 Å². The Labute approximate surface area is 95.1 Å². The van der Waals surface area contributed by atoms with E-state index in [2.05, 4.69) is 0 Å². The summed E-state index contributed by atoms with van der Waals surface area (Å²) in [6.07, 6.45) is 0.330. The van der Waals surface area contributed by atoms with Gasteiger partial charge in [-0.05, 0) is 37.0 Å². The maximum Gasteiger partial charge on any atom is 0.129 e. The molecule has 1 saturated heterocycles. The van der Waals surface area contributed by atoms with E-state index in [-0.39, 0.29) is 11.7 Å². The Hall–Kier alpha value is -0.930. The van der Waals surface area contributed by atoms with Gasteiger partial charge in [-0.1, -0.05) is 12.1 Å². The van der Waals surface area contributed by atoms with Crippen LogP contribution in [0.1, 0.15) is 29.2 Å². The van der Waals surface area contributed by atoms with Crippen LogP contribution in [-0.2, 0) is 4.74 Å². The van der Waals surface area contributed by atoms with E-state index in [9.17, 15) is 9.50 Å². The first-order valence-electron chi connectivity index (χ1n) is 5.62. The Morgan fingerprint density at radius 2 is 2.00 bits per heavy atom. The highest BCUT2D eigenvalue weighted by Gasteiger charge is 2.25. The van der Waals surface area contributed by atoms with E-state index in [4.69, 9.17) is 4.74 Å². The van der Waals surface area contributed by atoms with Crippen LogP contribution in [0.5, 0.6) is 0 Å². The van der Waals surface area contributed by atoms with Gasteiger partial charge in [-0.2, -0.15) is 0 Å². The molecule has 0 bridgehead atoms. The predicted molar refractivity (Wildman–Crippen MR) is 59.8 cm³/mol. The summed E-state index contributed by atoms with van der Waals surface area (Å²) in [4.78, 5) is 0. The molecule has 0 aromatic heterocycles. The van der Waals surface area contributed by atoms with Crippen LogP contribution in [0, 0.1) is 25.6 Å². The zero-order valence-electron chi connectivity index (χ0n) is 9.66. The fraction of sp³-hybridized carbons (Fsp3) is 0.538. The smallest absolute Gasteiger partial charge is 0.129 e. The minimum atomic E-state index is -0.541. The molecule has 1 heterocycles. The van der Waals surface area contributed by atoms with Crippen LogP contribution in [0.15, 0.2) is 12.1 Å². The van der Waals surface area contributed by atoms with Gasteiger partial charge in [0.05, 0.1) is 12.7 Å². The summed E-state index contributed by atoms with van der Waals surface area (Å²) in [5, 5.41) is 10.2. The second-order valence-electron chi connectivity index (χ2n) is 4.54. The average Bonchev–Trinajstić information content (AvgIpc) is 2.77. The lowest BCUT2D eigenvalue weighted by molar-refractivity contribution is 0.0916. The van der Waals surface area contributed by atoms with Gasteiger partial charge in [-0.25, -0.2) is 4.39 Å². The summed E-state index contributed by atoms with van der Waals surface area (Å²) in [6, 6.07) is 3.46. The highest BCUT2D eigenvalue weighted by atomic mass is 19.1. The minimum Gasteiger partial charge on any atom is -0.388 e. The fourth-order valence-corrected chi connectivity index (χ4v) is 2.22. The summed E-state index contributed by atoms with van der Waals surface area (Å²) in [5.74, 6) is -0.0390. The zero-order valence-corrected chi connectivity index (χ0v) is 9.66. The summed E-state index contributed by atoms with van der Waals surface area (Å²) < 4.78 is 18.7. The van der Waals surface area contributed by atoms with Crippen molar-refractivity contribution < 1.29 is 14.2 Å². The molecule has 1 N–H and O–H groups in total. The largest absolute Gasteiger partial charge is 0.388 e. The van der Waals surface area contributed by atoms with E-state index >= 15 is 0 Å². The highest BCUT2D eigenvalue weighted by Crippen LogP contribution is 2.30. The monoisotopic (exact) mass is 224 g/mol. The van der Waals surface area contributed by atoms with Crippen LogP contribution in [0.2, 0.25) is 0 Å². The topological polar surface area (TPSA) is 29.5 Å². The lowest BCUT2D eigenvalue weighted by Gasteiger charge is -2.18. The van der Waals surface area contributed by atoms with E-state index in [0.717, 1.165) is 12.0 Å². The first kappa shape index (κ1) is 11.6. The standard InChI is InChI=1S/C13H17FO2/c1-8-5-11(6-9(2)12(8)14)13(15)10-3-4-16-7-10/h5-6,10,13,15H,3-4,7H2,1-2H3. The Morgan fingerprint density at radius 1 is 1.38 bits per heavy atom. The van der Waals surface area contributed by atoms with Gasteiger partial charge in [-0.15, -0.1) is 0 Å². The number of hydrogen-bond donors (Lipinski definition) is 1. The number of benzene rings is 1. The summed E-state index contributed by atoms with van der Waals surface area (Å²) in [6.45, 7) is 4.75. The third-order valence-corrected chi connectivity index (χ3v) is 3.21. The van der Waals surface area contributed by atoms with Gasteiger partial charge in [-0.3, -0.25) is 0 Å². The number of aryl methyl sites for hydroxylation is 2. The van der Waals surface area contributed by atoms with Crippen molar-refractivity contribution >= 4 is 0 Å². The van der Waals surface area contributed by atoms with Gasteiger partial charge in [0.15, 0.2) is 0 Å². The van der Waals surface area contributed by atoms with E-state index < -0.39 is 6.10 Å². The molecule has 88 valence electrons. The molecule has 0 spiro atoms. The first-order chi connectivity index (χ1) is 7.59. The number of rotatable bonds is 2. The normalized spacial score (nSPS) is 22.4. The predicted octanol–water partition coefficient (Wildman–Crippen LogP) is 2.51. The number of halogens is 1. The molecule has 1 fully saturated rings. The fourth-order valence-electron chi connectivity index (χ4n) is 2.22. The maximum atomic E-state index is 13.4. The molecular formula is C13H17FO2. The SMILES string of the molecule is Cc1cc(C(O)C2CCOC2)cc(C)c1F. The van der Waals surface area contributed by atoms with Gasteiger partial charge >= 0.3 is 0 Å². The van der Waals surface area contributed by atoms with Crippen molar-refractivity contribution in [1.29, 1.82) is 0 Å². The molecule has 16 heavy (non-hydrogen) atoms. The summed E-state index contributed by atoms with van der Waals surface area (Å²) >= 11 is 0. The van der Waals surface area contributed by atoms with E-state index in [1.807, 2.05) is 0 Å². The number of aliphatic hydroxyl groups is 1. The van der Waals surface area contributed by atoms with Crippen LogP contribution >= 0.6 is 0 Å². The molecule has 3 heteroatoms. The second-order valence-corrected chi connectivity index (χ2v) is 4.54. The molecule has 0 saturated carbocycles. The molecule has 1 aliphatic heterocycles. The van der Waals surface area contributed by atoms with E-state index in [0.29, 0.717) is 24.3 Å². The van der Waals surface area contributed by atoms with Crippen molar-refractivity contribution in [1.82, 2.24) is 0 Å². The number of hydrogen-bond acceptors (Lipinski definition) is 2. The molecule has 0 aliphatic carbocycles. The molecule has 2 atom stereocenters. The molecule has 0 amide bonds. The van der Waals surface area contributed by atoms with Crippen molar-refractivity contribution in [2.24, 2.45) is 5.92 Å². The Kier molecular flexibility index (Phi) is 3.26. The Bertz CT molecular complexity index is 361. The van der Waals surface area contributed by atoms with Crippen molar-refractivity contribution in [3.05, 3.63) is 34.6 Å². The summed E-state index contributed by atoms with van der Waals surface area (Å²) in [7, 11) is 0. The lowest BCUT2D eigenvalue weighted by Crippen LogP contribution is -2.13. The van der Waals surface area contributed by atoms with Gasteiger partial charge in [0, 0.05) is 12.5 Å². The zero-order chi connectivity index (χ0) is 11.7. The van der Waals surface area contributed by atoms with Gasteiger partial charge in [0.2, 0.25) is 0 Å². The molecular weight excluding hydrogens is 207 g/mol. The van der Waals surface area contributed by atoms with Crippen LogP contribution in [0.25, 0.3) is 0 Å². The van der Waals surface area contributed by atoms with E-state index in [1.54, 1.807) is 26.0 Å². The van der Waals surface area contributed by atoms with Crippen molar-refractivity contribution in [2.45, 2.75) is 26.4 Å². The second kappa shape index (κ2) is 4.52. The van der Waals surface area contributed by atoms with Crippen LogP contribution in [0.4, 0.5) is 4.39 Å². The maximum absolute atomic E-state index is 13.4. The Morgan fingerprint density at radius 3 is 2.50 bits per heavy atom. The highest BCUT2D eigenvalue weighted by molar-refractivity contribution is 5.32. The van der Waals surface area contributed by atoms with Crippen LogP contribution in [0.3, 0.4) is 0 Å². The van der Waals surface area contributed by atoms with Crippen LogP contribution < -0.4 is 0 Å². The third kappa shape index (κ3) is 2.11. The molecule has 2 rings (SSSR count). The quantitative estimate of drug-likeness (QED) is 0.836. The molecule has 2 unspecified atom stereocenters. The van der Waals surface area contributed by atoms with Gasteiger partial charge < -0.3 is 9.84 Å². The van der Waals surface area contributed by atoms with Crippen LogP contribution in [-0.4, -0.2) is 18.3 Å². The summed E-state index contributed by atoms with van der Waals surface area (Å²) in [5.41, 5.74) is 1.98. The molecule has 0 radical (unpaired) electrons. The third-order valence-electron chi connectivity index (χ3n) is 3.21. The molecule has 1 aromatic carbocycles. The van der Waals surface area contributed by atoms with Gasteiger partial charge in [0.25, 0.3) is 0 Å². The molecule has 2 nitrogen and oxygen atoms in total. The van der Waals surface area contributed by atoms with Crippen molar-refractivity contribution in [2.75, 3.05) is 13.2 Å². The Balaban J connectivity index is 2.26. The van der Waals surface area contributed by atoms with E-state index in [1.165, 1.54) is 0 Å². The van der Waals surface area contributed by atoms with Crippen molar-refractivity contribution in [3.63, 3.8) is 0 Å². The molecule has 1 aromatic rings. The number of aliphatic hydroxyl groups excluding tert-OH is 1. The lowest BCUT2D eigenvalue weighted by atomic mass is 9.93. The molecule has 1 aliphatic rings. The first-order valence-corrected chi connectivity index (χ1v) is 5.62. The number of ether oxygens (including phenoxy) is 1. The average molecular weight is 224 g/mol.